The molecular formula is C18H21N3S. The predicted octanol–water partition coefficient (Wildman–Crippen LogP) is 4.34. The lowest BCUT2D eigenvalue weighted by Gasteiger charge is -2.12. The number of nitrogens with one attached hydrogen (secondary N) is 2. The van der Waals surface area contributed by atoms with Crippen molar-refractivity contribution in [3.8, 4) is 0 Å². The highest BCUT2D eigenvalue weighted by Gasteiger charge is 2.08. The molecule has 0 heterocycles. The molecule has 0 bridgehead atoms. The van der Waals surface area contributed by atoms with E-state index < -0.39 is 0 Å². The van der Waals surface area contributed by atoms with Gasteiger partial charge in [-0.05, 0) is 42.8 Å². The summed E-state index contributed by atoms with van der Waals surface area (Å²) in [6.07, 6.45) is 0. The Morgan fingerprint density at radius 3 is 2.23 bits per heavy atom. The van der Waals surface area contributed by atoms with Crippen LogP contribution >= 0.6 is 12.2 Å². The number of aryl methyl sites for hydroxylation is 1. The maximum Gasteiger partial charge on any atom is 0.191 e. The quantitative estimate of drug-likeness (QED) is 0.501. The Bertz CT molecular complexity index is 646. The molecule has 2 N–H and O–H groups in total. The van der Waals surface area contributed by atoms with Crippen LogP contribution in [0.15, 0.2) is 59.7 Å². The fourth-order valence-corrected chi connectivity index (χ4v) is 2.21. The third-order valence-corrected chi connectivity index (χ3v) is 3.40. The van der Waals surface area contributed by atoms with Gasteiger partial charge in [0.05, 0.1) is 5.71 Å². The molecule has 0 aromatic heterocycles. The topological polar surface area (TPSA) is 36.4 Å². The fourth-order valence-electron chi connectivity index (χ4n) is 2.04. The molecule has 0 unspecified atom stereocenters. The molecule has 0 spiro atoms. The van der Waals surface area contributed by atoms with Crippen molar-refractivity contribution in [2.24, 2.45) is 11.0 Å². The van der Waals surface area contributed by atoms with Gasteiger partial charge in [0, 0.05) is 5.69 Å². The van der Waals surface area contributed by atoms with Crippen LogP contribution in [0.5, 0.6) is 0 Å². The highest BCUT2D eigenvalue weighted by atomic mass is 32.1. The summed E-state index contributed by atoms with van der Waals surface area (Å²) in [5.74, 6) is 0.303. The van der Waals surface area contributed by atoms with Crippen molar-refractivity contribution >= 4 is 28.7 Å². The molecule has 0 saturated heterocycles. The normalized spacial score (nSPS) is 11.4. The van der Waals surface area contributed by atoms with Gasteiger partial charge in [0.2, 0.25) is 0 Å². The summed E-state index contributed by atoms with van der Waals surface area (Å²) in [5.41, 5.74) is 7.18. The Morgan fingerprint density at radius 2 is 1.64 bits per heavy atom. The van der Waals surface area contributed by atoms with Gasteiger partial charge in [-0.3, -0.25) is 5.43 Å². The van der Waals surface area contributed by atoms with Crippen LogP contribution < -0.4 is 10.7 Å². The molecule has 3 nitrogen and oxygen atoms in total. The third-order valence-electron chi connectivity index (χ3n) is 3.20. The molecule has 0 aliphatic heterocycles. The van der Waals surface area contributed by atoms with Crippen LogP contribution in [0.1, 0.15) is 25.0 Å². The lowest BCUT2D eigenvalue weighted by atomic mass is 10.0. The van der Waals surface area contributed by atoms with Gasteiger partial charge in [-0.25, -0.2) is 0 Å². The maximum atomic E-state index is 5.29. The Hall–Kier alpha value is -2.20. The monoisotopic (exact) mass is 311 g/mol. The zero-order valence-corrected chi connectivity index (χ0v) is 13.9. The van der Waals surface area contributed by atoms with E-state index in [1.165, 1.54) is 5.56 Å². The first-order valence-corrected chi connectivity index (χ1v) is 7.74. The standard InChI is InChI=1S/C18H21N3S/c1-13(2)17(15-7-5-4-6-8-15)20-21-18(22)19-16-11-9-14(3)10-12-16/h4-13H,1-3H3,(H2,19,21,22). The van der Waals surface area contributed by atoms with E-state index in [4.69, 9.17) is 12.2 Å². The minimum absolute atomic E-state index is 0.303. The summed E-state index contributed by atoms with van der Waals surface area (Å²) < 4.78 is 0. The summed E-state index contributed by atoms with van der Waals surface area (Å²) in [6.45, 7) is 6.29. The Morgan fingerprint density at radius 1 is 1.00 bits per heavy atom. The first kappa shape index (κ1) is 16.2. The molecule has 0 saturated carbocycles. The second-order valence-electron chi connectivity index (χ2n) is 5.45. The smallest absolute Gasteiger partial charge is 0.191 e. The van der Waals surface area contributed by atoms with Crippen LogP contribution in [0.3, 0.4) is 0 Å². The van der Waals surface area contributed by atoms with Crippen LogP contribution in [-0.4, -0.2) is 10.8 Å². The SMILES string of the molecule is Cc1ccc(NC(=S)NN=C(c2ccccc2)C(C)C)cc1. The van der Waals surface area contributed by atoms with Crippen LogP contribution in [0.2, 0.25) is 0 Å². The summed E-state index contributed by atoms with van der Waals surface area (Å²) in [7, 11) is 0. The van der Waals surface area contributed by atoms with E-state index in [0.717, 1.165) is 17.0 Å². The number of nitrogens with zero attached hydrogens (tertiary/aromatic N) is 1. The Kier molecular flexibility index (Phi) is 5.67. The number of hydrazone groups is 1. The third kappa shape index (κ3) is 4.67. The van der Waals surface area contributed by atoms with E-state index >= 15 is 0 Å². The number of rotatable bonds is 4. The van der Waals surface area contributed by atoms with Gasteiger partial charge in [-0.15, -0.1) is 0 Å². The predicted molar refractivity (Wildman–Crippen MR) is 98.4 cm³/mol. The number of anilines is 1. The summed E-state index contributed by atoms with van der Waals surface area (Å²) in [6, 6.07) is 18.2. The number of benzene rings is 2. The molecule has 4 heteroatoms. The van der Waals surface area contributed by atoms with Crippen molar-refractivity contribution in [3.05, 3.63) is 65.7 Å². The Balaban J connectivity index is 2.04. The number of thiocarbonyl (C=S) groups is 1. The van der Waals surface area contributed by atoms with Crippen molar-refractivity contribution in [2.75, 3.05) is 5.32 Å². The average molecular weight is 311 g/mol. The van der Waals surface area contributed by atoms with Crippen molar-refractivity contribution in [1.82, 2.24) is 5.43 Å². The van der Waals surface area contributed by atoms with Gasteiger partial charge in [0.1, 0.15) is 0 Å². The van der Waals surface area contributed by atoms with E-state index in [9.17, 15) is 0 Å². The molecule has 2 aromatic carbocycles. The first-order valence-electron chi connectivity index (χ1n) is 7.33. The van der Waals surface area contributed by atoms with Gasteiger partial charge in [0.25, 0.3) is 0 Å². The van der Waals surface area contributed by atoms with Gasteiger partial charge in [-0.1, -0.05) is 61.9 Å². The Labute approximate surface area is 137 Å². The second kappa shape index (κ2) is 7.71. The van der Waals surface area contributed by atoms with E-state index in [1.54, 1.807) is 0 Å². The van der Waals surface area contributed by atoms with Gasteiger partial charge in [-0.2, -0.15) is 5.10 Å². The number of hydrogen-bond donors (Lipinski definition) is 2. The largest absolute Gasteiger partial charge is 0.331 e. The zero-order chi connectivity index (χ0) is 15.9. The fraction of sp³-hybridized carbons (Fsp3) is 0.222. The van der Waals surface area contributed by atoms with Gasteiger partial charge in [0.15, 0.2) is 5.11 Å². The van der Waals surface area contributed by atoms with Crippen LogP contribution in [-0.2, 0) is 0 Å². The van der Waals surface area contributed by atoms with Gasteiger partial charge < -0.3 is 5.32 Å². The van der Waals surface area contributed by atoms with Crippen molar-refractivity contribution < 1.29 is 0 Å². The summed E-state index contributed by atoms with van der Waals surface area (Å²) in [4.78, 5) is 0. The minimum Gasteiger partial charge on any atom is -0.331 e. The highest BCUT2D eigenvalue weighted by molar-refractivity contribution is 7.80. The van der Waals surface area contributed by atoms with Crippen LogP contribution in [0.4, 0.5) is 5.69 Å². The average Bonchev–Trinajstić information content (AvgIpc) is 2.50. The van der Waals surface area contributed by atoms with Crippen LogP contribution in [0.25, 0.3) is 0 Å². The van der Waals surface area contributed by atoms with Crippen LogP contribution in [0, 0.1) is 12.8 Å². The molecule has 0 aliphatic rings. The molecular weight excluding hydrogens is 290 g/mol. The molecule has 2 aromatic rings. The molecule has 0 radical (unpaired) electrons. The second-order valence-corrected chi connectivity index (χ2v) is 5.86. The molecule has 0 fully saturated rings. The molecule has 22 heavy (non-hydrogen) atoms. The molecule has 0 amide bonds. The lowest BCUT2D eigenvalue weighted by molar-refractivity contribution is 0.861. The molecule has 2 rings (SSSR count). The van der Waals surface area contributed by atoms with E-state index in [2.05, 4.69) is 48.7 Å². The summed E-state index contributed by atoms with van der Waals surface area (Å²) in [5, 5.41) is 8.08. The summed E-state index contributed by atoms with van der Waals surface area (Å²) >= 11 is 5.29. The van der Waals surface area contributed by atoms with Gasteiger partial charge >= 0.3 is 0 Å². The van der Waals surface area contributed by atoms with Crippen molar-refractivity contribution in [3.63, 3.8) is 0 Å². The zero-order valence-electron chi connectivity index (χ0n) is 13.1. The molecule has 0 aliphatic carbocycles. The van der Waals surface area contributed by atoms with E-state index in [0.29, 0.717) is 11.0 Å². The van der Waals surface area contributed by atoms with Crippen molar-refractivity contribution in [2.45, 2.75) is 20.8 Å². The van der Waals surface area contributed by atoms with E-state index in [-0.39, 0.29) is 0 Å². The van der Waals surface area contributed by atoms with Crippen molar-refractivity contribution in [1.29, 1.82) is 0 Å². The van der Waals surface area contributed by atoms with E-state index in [1.807, 2.05) is 42.5 Å². The lowest BCUT2D eigenvalue weighted by Crippen LogP contribution is -2.26. The first-order chi connectivity index (χ1) is 10.6. The maximum absolute atomic E-state index is 5.29. The molecule has 114 valence electrons. The highest BCUT2D eigenvalue weighted by Crippen LogP contribution is 2.10. The minimum atomic E-state index is 0.303. The number of hydrogen-bond acceptors (Lipinski definition) is 2. The molecule has 0 atom stereocenters.